The van der Waals surface area contributed by atoms with Crippen molar-refractivity contribution in [1.82, 2.24) is 10.3 Å². The summed E-state index contributed by atoms with van der Waals surface area (Å²) in [6.45, 7) is 1.74. The summed E-state index contributed by atoms with van der Waals surface area (Å²) in [5.41, 5.74) is 3.04. The number of nitrogens with one attached hydrogen (secondary N) is 2. The molecular formula is C25H23N3O6S. The number of phenols is 1. The van der Waals surface area contributed by atoms with E-state index in [9.17, 15) is 9.90 Å². The molecule has 1 heterocycles. The van der Waals surface area contributed by atoms with Crippen LogP contribution >= 0.6 is 12.2 Å². The summed E-state index contributed by atoms with van der Waals surface area (Å²) >= 11 is 5.34. The van der Waals surface area contributed by atoms with Gasteiger partial charge in [0, 0.05) is 11.3 Å². The van der Waals surface area contributed by atoms with Crippen LogP contribution in [0.3, 0.4) is 0 Å². The molecule has 3 N–H and O–H groups in total. The van der Waals surface area contributed by atoms with Crippen molar-refractivity contribution in [2.24, 2.45) is 0 Å². The molecule has 4 rings (SSSR count). The van der Waals surface area contributed by atoms with Crippen LogP contribution in [0.1, 0.15) is 15.9 Å². The average molecular weight is 494 g/mol. The van der Waals surface area contributed by atoms with Crippen LogP contribution in [-0.2, 0) is 0 Å². The Morgan fingerprint density at radius 3 is 2.34 bits per heavy atom. The Kier molecular flexibility index (Phi) is 6.74. The minimum absolute atomic E-state index is 0.0366. The highest BCUT2D eigenvalue weighted by atomic mass is 32.1. The number of hydrogen-bond donors (Lipinski definition) is 3. The molecule has 0 fully saturated rings. The fraction of sp³-hybridized carbons (Fsp3) is 0.160. The van der Waals surface area contributed by atoms with E-state index in [1.165, 1.54) is 33.5 Å². The number of anilines is 1. The zero-order valence-electron chi connectivity index (χ0n) is 19.5. The summed E-state index contributed by atoms with van der Waals surface area (Å²) in [7, 11) is 4.41. The van der Waals surface area contributed by atoms with Crippen LogP contribution in [0.25, 0.3) is 22.6 Å². The molecule has 0 unspecified atom stereocenters. The number of nitrogens with zero attached hydrogens (tertiary/aromatic N) is 1. The maximum absolute atomic E-state index is 12.8. The first-order valence-electron chi connectivity index (χ1n) is 10.5. The van der Waals surface area contributed by atoms with Gasteiger partial charge in [-0.25, -0.2) is 4.98 Å². The summed E-state index contributed by atoms with van der Waals surface area (Å²) in [5.74, 6) is 0.883. The smallest absolute Gasteiger partial charge is 0.257 e. The molecule has 0 saturated carbocycles. The van der Waals surface area contributed by atoms with E-state index >= 15 is 0 Å². The Bertz CT molecular complexity index is 1370. The number of aromatic nitrogens is 1. The Hall–Kier alpha value is -4.31. The second-order valence-electron chi connectivity index (χ2n) is 7.50. The minimum Gasteiger partial charge on any atom is -0.507 e. The molecule has 0 aliphatic heterocycles. The molecule has 0 saturated heterocycles. The lowest BCUT2D eigenvalue weighted by Crippen LogP contribution is -2.34. The molecule has 9 nitrogen and oxygen atoms in total. The van der Waals surface area contributed by atoms with Crippen LogP contribution in [0.4, 0.5) is 5.69 Å². The minimum atomic E-state index is -0.476. The predicted octanol–water partition coefficient (Wildman–Crippen LogP) is 4.66. The molecule has 180 valence electrons. The van der Waals surface area contributed by atoms with Gasteiger partial charge >= 0.3 is 0 Å². The van der Waals surface area contributed by atoms with Crippen molar-refractivity contribution in [3.8, 4) is 34.5 Å². The molecule has 1 amide bonds. The van der Waals surface area contributed by atoms with Crippen molar-refractivity contribution in [3.05, 3.63) is 59.7 Å². The number of thiocarbonyl (C=S) groups is 1. The second kappa shape index (κ2) is 9.90. The number of benzene rings is 3. The molecule has 0 radical (unpaired) electrons. The highest BCUT2D eigenvalue weighted by Crippen LogP contribution is 2.38. The molecule has 0 aliphatic carbocycles. The number of aromatic hydroxyl groups is 1. The van der Waals surface area contributed by atoms with Crippen LogP contribution in [0, 0.1) is 6.92 Å². The zero-order chi connectivity index (χ0) is 25.1. The number of oxazole rings is 1. The fourth-order valence-electron chi connectivity index (χ4n) is 3.55. The van der Waals surface area contributed by atoms with Crippen molar-refractivity contribution < 1.29 is 28.5 Å². The quantitative estimate of drug-likeness (QED) is 0.260. The molecule has 35 heavy (non-hydrogen) atoms. The van der Waals surface area contributed by atoms with Crippen molar-refractivity contribution >= 4 is 40.0 Å². The lowest BCUT2D eigenvalue weighted by Gasteiger charge is -2.15. The number of carbonyl (C=O) groups excluding carboxylic acids is 1. The van der Waals surface area contributed by atoms with E-state index in [-0.39, 0.29) is 22.3 Å². The third kappa shape index (κ3) is 4.82. The summed E-state index contributed by atoms with van der Waals surface area (Å²) in [5, 5.41) is 16.3. The van der Waals surface area contributed by atoms with Crippen LogP contribution in [0.2, 0.25) is 0 Å². The number of para-hydroxylation sites is 2. The number of hydrogen-bond acceptors (Lipinski definition) is 8. The van der Waals surface area contributed by atoms with E-state index in [0.29, 0.717) is 45.2 Å². The summed E-state index contributed by atoms with van der Waals surface area (Å²) in [4.78, 5) is 17.3. The lowest BCUT2D eigenvalue weighted by atomic mass is 10.1. The van der Waals surface area contributed by atoms with E-state index in [2.05, 4.69) is 15.6 Å². The standard InChI is InChI=1S/C25H23N3O6S/c1-13-9-15(12-16(21(13)29)24-27-17-7-5-6-8-18(17)34-24)26-25(35)28-23(30)14-10-19(31-2)22(33-4)20(11-14)32-3/h5-12,29H,1-4H3,(H2,26,28,30,35). The maximum Gasteiger partial charge on any atom is 0.257 e. The highest BCUT2D eigenvalue weighted by molar-refractivity contribution is 7.80. The van der Waals surface area contributed by atoms with Gasteiger partial charge in [0.1, 0.15) is 11.3 Å². The molecule has 0 spiro atoms. The highest BCUT2D eigenvalue weighted by Gasteiger charge is 2.19. The number of methoxy groups -OCH3 is 3. The number of carbonyl (C=O) groups is 1. The Labute approximate surface area is 206 Å². The van der Waals surface area contributed by atoms with Gasteiger partial charge in [0.2, 0.25) is 11.6 Å². The van der Waals surface area contributed by atoms with Crippen LogP contribution in [-0.4, -0.2) is 42.4 Å². The fourth-order valence-corrected chi connectivity index (χ4v) is 3.76. The van der Waals surface area contributed by atoms with Gasteiger partial charge in [0.15, 0.2) is 22.2 Å². The number of fused-ring (bicyclic) bond motifs is 1. The first-order valence-corrected chi connectivity index (χ1v) is 10.9. The lowest BCUT2D eigenvalue weighted by molar-refractivity contribution is 0.0977. The van der Waals surface area contributed by atoms with Crippen LogP contribution < -0.4 is 24.8 Å². The topological polar surface area (TPSA) is 115 Å². The number of phenolic OH excluding ortho intramolecular Hbond substituents is 1. The number of ether oxygens (including phenoxy) is 3. The Morgan fingerprint density at radius 2 is 1.71 bits per heavy atom. The first-order chi connectivity index (χ1) is 16.8. The number of rotatable bonds is 6. The van der Waals surface area contributed by atoms with E-state index in [1.54, 1.807) is 25.1 Å². The van der Waals surface area contributed by atoms with Crippen LogP contribution in [0.15, 0.2) is 52.9 Å². The van der Waals surface area contributed by atoms with Gasteiger partial charge in [0.05, 0.1) is 26.9 Å². The van der Waals surface area contributed by atoms with Gasteiger partial charge in [0.25, 0.3) is 5.91 Å². The van der Waals surface area contributed by atoms with Gasteiger partial charge in [-0.1, -0.05) is 12.1 Å². The Balaban J connectivity index is 1.56. The number of amides is 1. The second-order valence-corrected chi connectivity index (χ2v) is 7.91. The van der Waals surface area contributed by atoms with Crippen LogP contribution in [0.5, 0.6) is 23.0 Å². The van der Waals surface area contributed by atoms with Crippen molar-refractivity contribution in [3.63, 3.8) is 0 Å². The molecule has 3 aromatic carbocycles. The van der Waals surface area contributed by atoms with Gasteiger partial charge in [-0.15, -0.1) is 0 Å². The average Bonchev–Trinajstić information content (AvgIpc) is 3.29. The van der Waals surface area contributed by atoms with Gasteiger partial charge < -0.3 is 29.1 Å². The SMILES string of the molecule is COc1cc(C(=O)NC(=S)Nc2cc(C)c(O)c(-c3nc4ccccc4o3)c2)cc(OC)c1OC. The molecular weight excluding hydrogens is 470 g/mol. The van der Waals surface area contributed by atoms with Gasteiger partial charge in [-0.05, 0) is 61.1 Å². The normalized spacial score (nSPS) is 10.6. The summed E-state index contributed by atoms with van der Waals surface area (Å²) in [6, 6.07) is 13.7. The third-order valence-corrected chi connectivity index (χ3v) is 5.44. The van der Waals surface area contributed by atoms with Crippen molar-refractivity contribution in [2.45, 2.75) is 6.92 Å². The van der Waals surface area contributed by atoms with Crippen molar-refractivity contribution in [1.29, 1.82) is 0 Å². The molecule has 1 aromatic heterocycles. The predicted molar refractivity (Wildman–Crippen MR) is 136 cm³/mol. The number of aryl methyl sites for hydroxylation is 1. The van der Waals surface area contributed by atoms with E-state index in [1.807, 2.05) is 18.2 Å². The zero-order valence-corrected chi connectivity index (χ0v) is 20.3. The molecule has 0 atom stereocenters. The monoisotopic (exact) mass is 493 g/mol. The molecule has 4 aromatic rings. The summed E-state index contributed by atoms with van der Waals surface area (Å²) in [6.07, 6.45) is 0. The third-order valence-electron chi connectivity index (χ3n) is 5.24. The van der Waals surface area contributed by atoms with Gasteiger partial charge in [-0.3, -0.25) is 10.1 Å². The Morgan fingerprint density at radius 1 is 1.03 bits per heavy atom. The van der Waals surface area contributed by atoms with Crippen molar-refractivity contribution in [2.75, 3.05) is 26.6 Å². The van der Waals surface area contributed by atoms with E-state index in [4.69, 9.17) is 30.8 Å². The summed E-state index contributed by atoms with van der Waals surface area (Å²) < 4.78 is 21.7. The largest absolute Gasteiger partial charge is 0.507 e. The molecule has 0 aliphatic rings. The molecule has 0 bridgehead atoms. The van der Waals surface area contributed by atoms with E-state index < -0.39 is 5.91 Å². The maximum atomic E-state index is 12.8. The molecule has 10 heteroatoms. The first kappa shape index (κ1) is 23.8. The van der Waals surface area contributed by atoms with Gasteiger partial charge in [-0.2, -0.15) is 0 Å². The van der Waals surface area contributed by atoms with E-state index in [0.717, 1.165) is 0 Å².